The van der Waals surface area contributed by atoms with Crippen molar-refractivity contribution < 1.29 is 35.9 Å². The fourth-order valence-corrected chi connectivity index (χ4v) is 8.91. The monoisotopic (exact) mass is 729 g/mol. The number of piperazine rings is 1. The number of fused-ring (bicyclic) bond motifs is 3. The third-order valence-electron chi connectivity index (χ3n) is 10.3. The van der Waals surface area contributed by atoms with Gasteiger partial charge in [0.1, 0.15) is 41.0 Å². The van der Waals surface area contributed by atoms with Crippen molar-refractivity contribution in [3.05, 3.63) is 53.6 Å². The van der Waals surface area contributed by atoms with E-state index in [4.69, 9.17) is 10.5 Å². The van der Waals surface area contributed by atoms with Gasteiger partial charge in [0.15, 0.2) is 5.82 Å². The lowest BCUT2D eigenvalue weighted by molar-refractivity contribution is -0.137. The Bertz CT molecular complexity index is 2130. The number of nitriles is 1. The molecule has 3 aliphatic heterocycles. The van der Waals surface area contributed by atoms with Crippen molar-refractivity contribution in [3.8, 4) is 23.2 Å². The van der Waals surface area contributed by atoms with E-state index in [9.17, 15) is 18.8 Å². The fourth-order valence-electron chi connectivity index (χ4n) is 7.96. The molecule has 1 amide bonds. The van der Waals surface area contributed by atoms with Gasteiger partial charge < -0.3 is 20.3 Å². The van der Waals surface area contributed by atoms with E-state index in [0.29, 0.717) is 24.3 Å². The quantitative estimate of drug-likeness (QED) is 0.170. The van der Waals surface area contributed by atoms with Crippen LogP contribution in [0.3, 0.4) is 0 Å². The Morgan fingerprint density at radius 2 is 1.98 bits per heavy atom. The fraction of sp³-hybridized carbons (Fsp3) is 0.429. The average molecular weight is 730 g/mol. The summed E-state index contributed by atoms with van der Waals surface area (Å²) < 4.78 is 97.7. The molecule has 7 rings (SSSR count). The molecule has 0 saturated carbocycles. The molecule has 0 bridgehead atoms. The third kappa shape index (κ3) is 5.70. The number of halogens is 6. The van der Waals surface area contributed by atoms with Crippen LogP contribution in [0.4, 0.5) is 37.2 Å². The summed E-state index contributed by atoms with van der Waals surface area (Å²) in [5, 5.41) is 9.19. The summed E-state index contributed by atoms with van der Waals surface area (Å²) >= 11 is 0.675. The summed E-state index contributed by atoms with van der Waals surface area (Å²) in [4.78, 5) is 26.7. The molecule has 51 heavy (non-hydrogen) atoms. The van der Waals surface area contributed by atoms with Crippen LogP contribution in [-0.2, 0) is 11.0 Å². The molecule has 4 atom stereocenters. The molecule has 3 fully saturated rings. The maximum Gasteiger partial charge on any atom is 0.417 e. The van der Waals surface area contributed by atoms with Crippen LogP contribution < -0.4 is 15.4 Å². The summed E-state index contributed by atoms with van der Waals surface area (Å²) in [6, 6.07) is 3.21. The number of thiophene rings is 1. The second kappa shape index (κ2) is 12.6. The Balaban J connectivity index is 1.46. The second-order valence-electron chi connectivity index (χ2n) is 13.5. The van der Waals surface area contributed by atoms with E-state index in [-0.39, 0.29) is 82.0 Å². The predicted molar refractivity (Wildman–Crippen MR) is 181 cm³/mol. The first-order chi connectivity index (χ1) is 24.2. The lowest BCUT2D eigenvalue weighted by Crippen LogP contribution is -2.58. The molecule has 3 saturated heterocycles. The minimum absolute atomic E-state index is 0.0284. The number of ether oxygens (including phenoxy) is 1. The molecular formula is C35H33F6N7O2S. The lowest BCUT2D eigenvalue weighted by atomic mass is 9.92. The molecule has 0 spiro atoms. The van der Waals surface area contributed by atoms with Crippen LogP contribution in [-0.4, -0.2) is 82.3 Å². The first kappa shape index (κ1) is 34.8. The van der Waals surface area contributed by atoms with Crippen molar-refractivity contribution in [1.29, 1.82) is 5.26 Å². The van der Waals surface area contributed by atoms with E-state index in [1.54, 1.807) is 23.6 Å². The number of hydrogen-bond donors (Lipinski definition) is 1. The highest BCUT2D eigenvalue weighted by Gasteiger charge is 2.49. The number of nitrogens with two attached hydrogens (primary N) is 1. The van der Waals surface area contributed by atoms with Crippen LogP contribution in [0.1, 0.15) is 44.2 Å². The molecule has 0 radical (unpaired) electrons. The Hall–Kier alpha value is -4.62. The summed E-state index contributed by atoms with van der Waals surface area (Å²) in [6.45, 7) is 8.27. The highest BCUT2D eigenvalue weighted by atomic mass is 32.1. The molecule has 5 heterocycles. The number of anilines is 2. The summed E-state index contributed by atoms with van der Waals surface area (Å²) in [6.07, 6.45) is -3.31. The summed E-state index contributed by atoms with van der Waals surface area (Å²) in [5.74, 6) is -2.59. The normalized spacial score (nSPS) is 23.9. The van der Waals surface area contributed by atoms with E-state index in [0.717, 1.165) is 24.6 Å². The topological polar surface area (TPSA) is 112 Å². The van der Waals surface area contributed by atoms with E-state index in [2.05, 4.69) is 16.5 Å². The SMILES string of the molecule is C=CC(=O)N1C[C@H](C)N(c2nc(OC[C@@]34CCCN3C[C@H](F)C4)nc3c(F)c(-c4ccc(F)c5sc(N)c(C#N)c45)c(C(F)(F)F)cc23)C[C@@H]1C. The van der Waals surface area contributed by atoms with Gasteiger partial charge in [-0.3, -0.25) is 9.69 Å². The Labute approximate surface area is 292 Å². The van der Waals surface area contributed by atoms with Gasteiger partial charge in [0, 0.05) is 54.5 Å². The van der Waals surface area contributed by atoms with Gasteiger partial charge in [-0.1, -0.05) is 12.6 Å². The second-order valence-corrected chi connectivity index (χ2v) is 14.6. The van der Waals surface area contributed by atoms with Gasteiger partial charge >= 0.3 is 12.2 Å². The highest BCUT2D eigenvalue weighted by molar-refractivity contribution is 7.23. The van der Waals surface area contributed by atoms with Gasteiger partial charge in [-0.15, -0.1) is 11.3 Å². The largest absolute Gasteiger partial charge is 0.461 e. The molecule has 2 N–H and O–H groups in total. The number of benzene rings is 2. The molecular weight excluding hydrogens is 696 g/mol. The summed E-state index contributed by atoms with van der Waals surface area (Å²) in [5.41, 5.74) is 1.83. The van der Waals surface area contributed by atoms with Crippen LogP contribution in [0, 0.1) is 23.0 Å². The van der Waals surface area contributed by atoms with Crippen molar-refractivity contribution in [2.45, 2.75) is 63.1 Å². The van der Waals surface area contributed by atoms with Crippen LogP contribution in [0.25, 0.3) is 32.1 Å². The molecule has 2 aromatic carbocycles. The van der Waals surface area contributed by atoms with Crippen molar-refractivity contribution in [1.82, 2.24) is 19.8 Å². The van der Waals surface area contributed by atoms with Crippen molar-refractivity contribution in [2.24, 2.45) is 0 Å². The number of carbonyl (C=O) groups excluding carboxylic acids is 1. The number of nitrogen functional groups attached to an aromatic ring is 1. The first-order valence-electron chi connectivity index (χ1n) is 16.4. The van der Waals surface area contributed by atoms with Crippen molar-refractivity contribution >= 4 is 49.1 Å². The van der Waals surface area contributed by atoms with Gasteiger partial charge in [0.05, 0.1) is 21.4 Å². The van der Waals surface area contributed by atoms with Crippen molar-refractivity contribution in [3.63, 3.8) is 0 Å². The number of nitrogens with zero attached hydrogens (tertiary/aromatic N) is 6. The van der Waals surface area contributed by atoms with Crippen LogP contribution in [0.5, 0.6) is 6.01 Å². The van der Waals surface area contributed by atoms with E-state index in [1.807, 2.05) is 11.0 Å². The minimum atomic E-state index is -5.13. The molecule has 0 unspecified atom stereocenters. The Kier molecular flexibility index (Phi) is 8.57. The van der Waals surface area contributed by atoms with E-state index < -0.39 is 58.2 Å². The molecule has 9 nitrogen and oxygen atoms in total. The van der Waals surface area contributed by atoms with Gasteiger partial charge in [0.2, 0.25) is 5.91 Å². The minimum Gasteiger partial charge on any atom is -0.461 e. The zero-order valence-electron chi connectivity index (χ0n) is 27.7. The molecule has 16 heteroatoms. The molecule has 3 aliphatic rings. The number of alkyl halides is 4. The Morgan fingerprint density at radius 1 is 1.22 bits per heavy atom. The predicted octanol–water partition coefficient (Wildman–Crippen LogP) is 6.83. The smallest absolute Gasteiger partial charge is 0.417 e. The standard InChI is InChI=1S/C35H33F6N7O2S/c1-4-25(49)47-13-18(3)48(14-17(47)2)32-21-10-23(35(39,40)41)27(20-6-7-24(37)30-26(20)22(12-42)31(43)51-30)28(38)29(21)44-33(45-32)50-16-34-8-5-9-46(34)15-19(36)11-34/h4,6-7,10,17-19H,1,5,8-9,11,13-16,43H2,2-3H3/t17-,18-,19+,34-/m0/s1. The van der Waals surface area contributed by atoms with Crippen LogP contribution in [0.15, 0.2) is 30.9 Å². The van der Waals surface area contributed by atoms with E-state index >= 15 is 17.6 Å². The van der Waals surface area contributed by atoms with Gasteiger partial charge in [-0.05, 0) is 57.0 Å². The zero-order valence-corrected chi connectivity index (χ0v) is 28.5. The number of amides is 1. The van der Waals surface area contributed by atoms with Gasteiger partial charge in [-0.25, -0.2) is 13.2 Å². The zero-order chi connectivity index (χ0) is 36.6. The Morgan fingerprint density at radius 3 is 2.69 bits per heavy atom. The number of hydrogen-bond acceptors (Lipinski definition) is 9. The molecule has 2 aromatic heterocycles. The highest BCUT2D eigenvalue weighted by Crippen LogP contribution is 2.48. The van der Waals surface area contributed by atoms with Crippen LogP contribution in [0.2, 0.25) is 0 Å². The number of aromatic nitrogens is 2. The molecule has 268 valence electrons. The maximum absolute atomic E-state index is 17.1. The van der Waals surface area contributed by atoms with E-state index in [1.165, 1.54) is 6.08 Å². The van der Waals surface area contributed by atoms with Gasteiger partial charge in [-0.2, -0.15) is 28.4 Å². The average Bonchev–Trinajstić information content (AvgIpc) is 3.73. The van der Waals surface area contributed by atoms with Gasteiger partial charge in [0.25, 0.3) is 0 Å². The molecule has 0 aliphatic carbocycles. The molecule has 4 aromatic rings. The number of rotatable bonds is 6. The number of carbonyl (C=O) groups is 1. The summed E-state index contributed by atoms with van der Waals surface area (Å²) in [7, 11) is 0. The lowest BCUT2D eigenvalue weighted by Gasteiger charge is -2.44. The third-order valence-corrected chi connectivity index (χ3v) is 11.4. The maximum atomic E-state index is 17.1. The van der Waals surface area contributed by atoms with Crippen LogP contribution >= 0.6 is 11.3 Å². The van der Waals surface area contributed by atoms with Crippen molar-refractivity contribution in [2.75, 3.05) is 43.4 Å². The first-order valence-corrected chi connectivity index (χ1v) is 17.2.